The van der Waals surface area contributed by atoms with Crippen molar-refractivity contribution in [2.45, 2.75) is 19.9 Å². The molecule has 1 aliphatic heterocycles. The quantitative estimate of drug-likeness (QED) is 0.803. The summed E-state index contributed by atoms with van der Waals surface area (Å²) in [5.74, 6) is 0.288. The van der Waals surface area contributed by atoms with Crippen LogP contribution in [0.25, 0.3) is 0 Å². The minimum atomic E-state index is -0.338. The van der Waals surface area contributed by atoms with Gasteiger partial charge in [0.25, 0.3) is 0 Å². The van der Waals surface area contributed by atoms with Crippen molar-refractivity contribution in [2.75, 3.05) is 18.5 Å². The highest BCUT2D eigenvalue weighted by Crippen LogP contribution is 2.28. The first-order valence-electron chi connectivity index (χ1n) is 7.67. The van der Waals surface area contributed by atoms with Crippen molar-refractivity contribution in [2.24, 2.45) is 5.92 Å². The summed E-state index contributed by atoms with van der Waals surface area (Å²) in [7, 11) is 1.72. The van der Waals surface area contributed by atoms with E-state index in [0.717, 1.165) is 10.2 Å². The molecular formula is C17H18BrN3O3. The van der Waals surface area contributed by atoms with E-state index in [0.29, 0.717) is 24.5 Å². The Balaban J connectivity index is 1.67. The van der Waals surface area contributed by atoms with Crippen LogP contribution in [-0.2, 0) is 16.1 Å². The lowest BCUT2D eigenvalue weighted by atomic mass is 10.1. The van der Waals surface area contributed by atoms with E-state index >= 15 is 0 Å². The van der Waals surface area contributed by atoms with Crippen molar-refractivity contribution in [1.29, 1.82) is 0 Å². The van der Waals surface area contributed by atoms with Gasteiger partial charge >= 0.3 is 0 Å². The molecule has 3 rings (SSSR count). The second-order valence-corrected chi connectivity index (χ2v) is 6.92. The molecule has 1 unspecified atom stereocenters. The number of anilines is 1. The Morgan fingerprint density at radius 2 is 2.25 bits per heavy atom. The number of halogens is 1. The van der Waals surface area contributed by atoms with Gasteiger partial charge in [-0.2, -0.15) is 0 Å². The smallest absolute Gasteiger partial charge is 0.228 e. The minimum Gasteiger partial charge on any atom is -0.361 e. The Hall–Kier alpha value is -2.15. The molecule has 1 saturated heterocycles. The number of hydrogen-bond acceptors (Lipinski definition) is 4. The van der Waals surface area contributed by atoms with Gasteiger partial charge in [-0.05, 0) is 25.1 Å². The molecule has 126 valence electrons. The first-order chi connectivity index (χ1) is 11.4. The molecular weight excluding hydrogens is 374 g/mol. The molecule has 1 atom stereocenters. The zero-order valence-electron chi connectivity index (χ0n) is 13.5. The van der Waals surface area contributed by atoms with Gasteiger partial charge in [-0.25, -0.2) is 0 Å². The van der Waals surface area contributed by atoms with Gasteiger partial charge < -0.3 is 14.3 Å². The Bertz CT molecular complexity index is 774. The average molecular weight is 392 g/mol. The number of aryl methyl sites for hydroxylation is 1. The number of carbonyl (C=O) groups excluding carboxylic acids is 2. The van der Waals surface area contributed by atoms with E-state index in [-0.39, 0.29) is 24.2 Å². The van der Waals surface area contributed by atoms with Crippen molar-refractivity contribution in [1.82, 2.24) is 10.1 Å². The third kappa shape index (κ3) is 3.51. The van der Waals surface area contributed by atoms with Gasteiger partial charge in [-0.15, -0.1) is 0 Å². The van der Waals surface area contributed by atoms with Crippen molar-refractivity contribution in [3.63, 3.8) is 0 Å². The van der Waals surface area contributed by atoms with Crippen LogP contribution in [0.3, 0.4) is 0 Å². The maximum Gasteiger partial charge on any atom is 0.228 e. The molecule has 2 heterocycles. The fourth-order valence-electron chi connectivity index (χ4n) is 2.89. The number of carbonyl (C=O) groups is 2. The lowest BCUT2D eigenvalue weighted by Gasteiger charge is -2.20. The second kappa shape index (κ2) is 6.76. The van der Waals surface area contributed by atoms with Crippen LogP contribution < -0.4 is 4.90 Å². The van der Waals surface area contributed by atoms with Crippen LogP contribution in [0.15, 0.2) is 39.3 Å². The van der Waals surface area contributed by atoms with Crippen LogP contribution in [0.4, 0.5) is 5.69 Å². The molecule has 24 heavy (non-hydrogen) atoms. The monoisotopic (exact) mass is 391 g/mol. The standard InChI is InChI=1S/C17H18BrN3O3/c1-11-6-14(19-24-11)10-20(2)17(23)12-7-16(22)21(9-12)15-5-3-4-13(18)8-15/h3-6,8,12H,7,9-10H2,1-2H3. The summed E-state index contributed by atoms with van der Waals surface area (Å²) < 4.78 is 5.92. The van der Waals surface area contributed by atoms with E-state index in [1.54, 1.807) is 22.9 Å². The Labute approximate surface area is 148 Å². The van der Waals surface area contributed by atoms with E-state index in [4.69, 9.17) is 4.52 Å². The Kier molecular flexibility index (Phi) is 4.71. The lowest BCUT2D eigenvalue weighted by molar-refractivity contribution is -0.135. The van der Waals surface area contributed by atoms with Crippen molar-refractivity contribution in [3.8, 4) is 0 Å². The Morgan fingerprint density at radius 1 is 1.46 bits per heavy atom. The van der Waals surface area contributed by atoms with Crippen LogP contribution in [0.5, 0.6) is 0 Å². The predicted molar refractivity (Wildman–Crippen MR) is 92.3 cm³/mol. The number of benzene rings is 1. The van der Waals surface area contributed by atoms with Crippen molar-refractivity contribution in [3.05, 3.63) is 46.3 Å². The maximum absolute atomic E-state index is 12.6. The van der Waals surface area contributed by atoms with Gasteiger partial charge in [-0.1, -0.05) is 27.2 Å². The third-order valence-corrected chi connectivity index (χ3v) is 4.54. The molecule has 6 nitrogen and oxygen atoms in total. The number of nitrogens with zero attached hydrogens (tertiary/aromatic N) is 3. The van der Waals surface area contributed by atoms with Crippen LogP contribution in [0.2, 0.25) is 0 Å². The van der Waals surface area contributed by atoms with E-state index < -0.39 is 0 Å². The summed E-state index contributed by atoms with van der Waals surface area (Å²) in [4.78, 5) is 28.2. The van der Waals surface area contributed by atoms with Gasteiger partial charge in [0.15, 0.2) is 0 Å². The van der Waals surface area contributed by atoms with E-state index in [1.165, 1.54) is 0 Å². The summed E-state index contributed by atoms with van der Waals surface area (Å²) in [5, 5.41) is 3.90. The molecule has 1 fully saturated rings. The molecule has 0 aliphatic carbocycles. The average Bonchev–Trinajstić information content (AvgIpc) is 3.12. The summed E-state index contributed by atoms with van der Waals surface area (Å²) in [6.45, 7) is 2.58. The van der Waals surface area contributed by atoms with Crippen molar-refractivity contribution >= 4 is 33.4 Å². The summed E-state index contributed by atoms with van der Waals surface area (Å²) >= 11 is 3.41. The summed E-state index contributed by atoms with van der Waals surface area (Å²) in [6, 6.07) is 9.34. The molecule has 0 spiro atoms. The molecule has 0 N–H and O–H groups in total. The zero-order chi connectivity index (χ0) is 17.3. The third-order valence-electron chi connectivity index (χ3n) is 4.05. The molecule has 0 bridgehead atoms. The first-order valence-corrected chi connectivity index (χ1v) is 8.46. The highest BCUT2D eigenvalue weighted by atomic mass is 79.9. The molecule has 1 aromatic heterocycles. The van der Waals surface area contributed by atoms with Gasteiger partial charge in [0.1, 0.15) is 11.5 Å². The number of aromatic nitrogens is 1. The molecule has 1 aliphatic rings. The highest BCUT2D eigenvalue weighted by Gasteiger charge is 2.36. The zero-order valence-corrected chi connectivity index (χ0v) is 15.1. The first kappa shape index (κ1) is 16.7. The SMILES string of the molecule is Cc1cc(CN(C)C(=O)C2CC(=O)N(c3cccc(Br)c3)C2)no1. The lowest BCUT2D eigenvalue weighted by Crippen LogP contribution is -2.34. The van der Waals surface area contributed by atoms with E-state index in [1.807, 2.05) is 31.2 Å². The summed E-state index contributed by atoms with van der Waals surface area (Å²) in [5.41, 5.74) is 1.51. The maximum atomic E-state index is 12.6. The molecule has 2 amide bonds. The Morgan fingerprint density at radius 3 is 2.92 bits per heavy atom. The number of amides is 2. The largest absolute Gasteiger partial charge is 0.361 e. The van der Waals surface area contributed by atoms with Crippen LogP contribution in [0.1, 0.15) is 17.9 Å². The second-order valence-electron chi connectivity index (χ2n) is 6.01. The predicted octanol–water partition coefficient (Wildman–Crippen LogP) is 2.76. The van der Waals surface area contributed by atoms with E-state index in [9.17, 15) is 9.59 Å². The minimum absolute atomic E-state index is 0.0304. The summed E-state index contributed by atoms with van der Waals surface area (Å²) in [6.07, 6.45) is 0.230. The van der Waals surface area contributed by atoms with Crippen LogP contribution in [0, 0.1) is 12.8 Å². The van der Waals surface area contributed by atoms with Gasteiger partial charge in [-0.3, -0.25) is 9.59 Å². The topological polar surface area (TPSA) is 66.7 Å². The molecule has 7 heteroatoms. The molecule has 0 radical (unpaired) electrons. The van der Waals surface area contributed by atoms with Gasteiger partial charge in [0.2, 0.25) is 11.8 Å². The number of hydrogen-bond donors (Lipinski definition) is 0. The van der Waals surface area contributed by atoms with E-state index in [2.05, 4.69) is 21.1 Å². The van der Waals surface area contributed by atoms with Gasteiger partial charge in [0.05, 0.1) is 12.5 Å². The normalized spacial score (nSPS) is 17.4. The molecule has 2 aromatic rings. The number of rotatable bonds is 4. The fraction of sp³-hybridized carbons (Fsp3) is 0.353. The van der Waals surface area contributed by atoms with Gasteiger partial charge in [0, 0.05) is 36.2 Å². The fourth-order valence-corrected chi connectivity index (χ4v) is 3.28. The highest BCUT2D eigenvalue weighted by molar-refractivity contribution is 9.10. The van der Waals surface area contributed by atoms with Crippen molar-refractivity contribution < 1.29 is 14.1 Å². The van der Waals surface area contributed by atoms with Crippen LogP contribution in [-0.4, -0.2) is 35.5 Å². The van der Waals surface area contributed by atoms with Crippen LogP contribution >= 0.6 is 15.9 Å². The molecule has 0 saturated carbocycles. The molecule has 1 aromatic carbocycles.